The van der Waals surface area contributed by atoms with Crippen LogP contribution in [0, 0.1) is 5.92 Å². The van der Waals surface area contributed by atoms with E-state index >= 15 is 0 Å². The third-order valence-electron chi connectivity index (χ3n) is 3.92. The van der Waals surface area contributed by atoms with Gasteiger partial charge in [0.05, 0.1) is 14.2 Å². The van der Waals surface area contributed by atoms with Crippen LogP contribution >= 0.6 is 0 Å². The normalized spacial score (nSPS) is 11.1. The molecule has 0 fully saturated rings. The third kappa shape index (κ3) is 4.69. The minimum Gasteiger partial charge on any atom is -0.468 e. The fraction of sp³-hybridized carbons (Fsp3) is 0.300. The van der Waals surface area contributed by atoms with Crippen LogP contribution in [-0.2, 0) is 19.1 Å². The molecule has 24 heavy (non-hydrogen) atoms. The van der Waals surface area contributed by atoms with Crippen molar-refractivity contribution in [3.8, 4) is 0 Å². The molecule has 4 nitrogen and oxygen atoms in total. The van der Waals surface area contributed by atoms with E-state index in [-0.39, 0.29) is 0 Å². The van der Waals surface area contributed by atoms with E-state index in [0.29, 0.717) is 12.8 Å². The molecule has 126 valence electrons. The van der Waals surface area contributed by atoms with Gasteiger partial charge in [0, 0.05) is 0 Å². The average molecular weight is 326 g/mol. The van der Waals surface area contributed by atoms with Crippen molar-refractivity contribution >= 4 is 28.8 Å². The van der Waals surface area contributed by atoms with Crippen molar-refractivity contribution in [3.05, 3.63) is 54.1 Å². The van der Waals surface area contributed by atoms with Crippen molar-refractivity contribution in [2.45, 2.75) is 19.3 Å². The Hall–Kier alpha value is -2.62. The number of esters is 2. The maximum Gasteiger partial charge on any atom is 0.320 e. The summed E-state index contributed by atoms with van der Waals surface area (Å²) in [7, 11) is 2.55. The summed E-state index contributed by atoms with van der Waals surface area (Å²) in [5.41, 5.74) is 1.13. The third-order valence-corrected chi connectivity index (χ3v) is 3.92. The van der Waals surface area contributed by atoms with Gasteiger partial charge in [-0.3, -0.25) is 9.59 Å². The number of carbonyl (C=O) groups is 2. The van der Waals surface area contributed by atoms with Gasteiger partial charge in [-0.15, -0.1) is 0 Å². The van der Waals surface area contributed by atoms with Crippen molar-refractivity contribution < 1.29 is 19.1 Å². The van der Waals surface area contributed by atoms with E-state index in [1.807, 2.05) is 12.1 Å². The van der Waals surface area contributed by atoms with Crippen molar-refractivity contribution in [1.82, 2.24) is 0 Å². The first-order valence-corrected chi connectivity index (χ1v) is 7.96. The first-order valence-electron chi connectivity index (χ1n) is 7.96. The fourth-order valence-electron chi connectivity index (χ4n) is 2.59. The van der Waals surface area contributed by atoms with Crippen LogP contribution in [0.2, 0.25) is 0 Å². The topological polar surface area (TPSA) is 52.6 Å². The minimum absolute atomic E-state index is 0.418. The molecule has 0 aromatic heterocycles. The maximum atomic E-state index is 11.6. The highest BCUT2D eigenvalue weighted by Crippen LogP contribution is 2.17. The highest BCUT2D eigenvalue weighted by atomic mass is 16.5. The Kier molecular flexibility index (Phi) is 6.55. The van der Waals surface area contributed by atoms with Crippen molar-refractivity contribution in [3.63, 3.8) is 0 Å². The molecule has 0 aliphatic heterocycles. The molecule has 0 saturated heterocycles. The number of hydrogen-bond donors (Lipinski definition) is 0. The lowest BCUT2D eigenvalue weighted by atomic mass is 10.0. The molecule has 0 radical (unpaired) electrons. The molecular weight excluding hydrogens is 304 g/mol. The zero-order chi connectivity index (χ0) is 17.4. The highest BCUT2D eigenvalue weighted by Gasteiger charge is 2.27. The van der Waals surface area contributed by atoms with Gasteiger partial charge in [0.15, 0.2) is 5.92 Å². The molecule has 0 atom stereocenters. The summed E-state index contributed by atoms with van der Waals surface area (Å²) in [6.07, 6.45) is 6.01. The summed E-state index contributed by atoms with van der Waals surface area (Å²) < 4.78 is 9.29. The van der Waals surface area contributed by atoms with E-state index in [1.165, 1.54) is 25.0 Å². The quantitative estimate of drug-likeness (QED) is 0.439. The van der Waals surface area contributed by atoms with Crippen LogP contribution in [0.5, 0.6) is 0 Å². The van der Waals surface area contributed by atoms with Crippen LogP contribution in [0.15, 0.2) is 48.5 Å². The van der Waals surface area contributed by atoms with E-state index in [4.69, 9.17) is 0 Å². The van der Waals surface area contributed by atoms with E-state index < -0.39 is 17.9 Å². The van der Waals surface area contributed by atoms with Crippen molar-refractivity contribution in [2.75, 3.05) is 14.2 Å². The Balaban J connectivity index is 1.88. The Morgan fingerprint density at radius 3 is 2.33 bits per heavy atom. The van der Waals surface area contributed by atoms with Crippen LogP contribution in [0.3, 0.4) is 0 Å². The first kappa shape index (κ1) is 17.7. The van der Waals surface area contributed by atoms with Crippen molar-refractivity contribution in [1.29, 1.82) is 0 Å². The Bertz CT molecular complexity index is 717. The number of allylic oxidation sites excluding steroid dienone is 1. The molecule has 0 saturated carbocycles. The molecule has 0 amide bonds. The summed E-state index contributed by atoms with van der Waals surface area (Å²) in [5.74, 6) is -1.92. The standard InChI is InChI=1S/C20H22O4/c1-23-19(21)18(20(22)24-2)11-5-3-4-8-15-12-13-16-9-6-7-10-17(16)14-15/h4,6-10,12-14,18H,3,5,11H2,1-2H3/b8-4+. The Morgan fingerprint density at radius 1 is 1.00 bits per heavy atom. The zero-order valence-corrected chi connectivity index (χ0v) is 14.0. The van der Waals surface area contributed by atoms with Gasteiger partial charge in [-0.05, 0) is 41.7 Å². The second kappa shape index (κ2) is 8.87. The lowest BCUT2D eigenvalue weighted by Crippen LogP contribution is -2.26. The number of carbonyl (C=O) groups excluding carboxylic acids is 2. The van der Waals surface area contributed by atoms with Crippen LogP contribution in [0.1, 0.15) is 24.8 Å². The number of hydrogen-bond acceptors (Lipinski definition) is 4. The predicted octanol–water partition coefficient (Wildman–Crippen LogP) is 3.99. The zero-order valence-electron chi connectivity index (χ0n) is 14.0. The van der Waals surface area contributed by atoms with Crippen molar-refractivity contribution in [2.24, 2.45) is 5.92 Å². The second-order valence-electron chi connectivity index (χ2n) is 5.54. The number of fused-ring (bicyclic) bond motifs is 1. The van der Waals surface area contributed by atoms with Gasteiger partial charge >= 0.3 is 11.9 Å². The maximum absolute atomic E-state index is 11.6. The monoisotopic (exact) mass is 326 g/mol. The van der Waals surface area contributed by atoms with E-state index in [0.717, 1.165) is 12.0 Å². The van der Waals surface area contributed by atoms with Gasteiger partial charge in [-0.25, -0.2) is 0 Å². The minimum atomic E-state index is -0.839. The van der Waals surface area contributed by atoms with Gasteiger partial charge < -0.3 is 9.47 Å². The molecule has 4 heteroatoms. The average Bonchev–Trinajstić information content (AvgIpc) is 2.63. The SMILES string of the molecule is COC(=O)C(CCC/C=C/c1ccc2ccccc2c1)C(=O)OC. The summed E-state index contributed by atoms with van der Waals surface area (Å²) in [4.78, 5) is 23.2. The number of unbranched alkanes of at least 4 members (excludes halogenated alkanes) is 1. The lowest BCUT2D eigenvalue weighted by molar-refractivity contribution is -0.159. The number of rotatable bonds is 7. The molecule has 0 heterocycles. The summed E-state index contributed by atoms with van der Waals surface area (Å²) in [5, 5.41) is 2.42. The molecule has 0 spiro atoms. The smallest absolute Gasteiger partial charge is 0.320 e. The molecule has 0 N–H and O–H groups in total. The van der Waals surface area contributed by atoms with Crippen LogP contribution in [0.25, 0.3) is 16.8 Å². The van der Waals surface area contributed by atoms with Gasteiger partial charge in [-0.2, -0.15) is 0 Å². The molecule has 0 bridgehead atoms. The van der Waals surface area contributed by atoms with Crippen LogP contribution < -0.4 is 0 Å². The number of benzene rings is 2. The summed E-state index contributed by atoms with van der Waals surface area (Å²) in [6.45, 7) is 0. The Labute approximate surface area is 142 Å². The highest BCUT2D eigenvalue weighted by molar-refractivity contribution is 5.94. The molecule has 2 aromatic carbocycles. The first-order chi connectivity index (χ1) is 11.7. The van der Waals surface area contributed by atoms with E-state index in [9.17, 15) is 9.59 Å². The predicted molar refractivity (Wildman–Crippen MR) is 94.4 cm³/mol. The largest absolute Gasteiger partial charge is 0.468 e. The number of methoxy groups -OCH3 is 2. The van der Waals surface area contributed by atoms with E-state index in [1.54, 1.807) is 0 Å². The van der Waals surface area contributed by atoms with Crippen LogP contribution in [-0.4, -0.2) is 26.2 Å². The molecule has 2 rings (SSSR count). The molecular formula is C20H22O4. The van der Waals surface area contributed by atoms with Gasteiger partial charge in [0.1, 0.15) is 0 Å². The second-order valence-corrected chi connectivity index (χ2v) is 5.54. The number of ether oxygens (including phenoxy) is 2. The Morgan fingerprint density at radius 2 is 1.67 bits per heavy atom. The molecule has 0 unspecified atom stereocenters. The summed E-state index contributed by atoms with van der Waals surface area (Å²) >= 11 is 0. The molecule has 2 aromatic rings. The van der Waals surface area contributed by atoms with Crippen LogP contribution in [0.4, 0.5) is 0 Å². The lowest BCUT2D eigenvalue weighted by Gasteiger charge is -2.11. The summed E-state index contributed by atoms with van der Waals surface area (Å²) in [6, 6.07) is 14.5. The molecule has 0 aliphatic carbocycles. The molecule has 0 aliphatic rings. The van der Waals surface area contributed by atoms with Gasteiger partial charge in [-0.1, -0.05) is 48.6 Å². The van der Waals surface area contributed by atoms with Gasteiger partial charge in [0.25, 0.3) is 0 Å². The fourth-order valence-corrected chi connectivity index (χ4v) is 2.59. The van der Waals surface area contributed by atoms with Gasteiger partial charge in [0.2, 0.25) is 0 Å². The van der Waals surface area contributed by atoms with E-state index in [2.05, 4.69) is 52.0 Å².